The van der Waals surface area contributed by atoms with Crippen LogP contribution in [0.3, 0.4) is 0 Å². The summed E-state index contributed by atoms with van der Waals surface area (Å²) in [4.78, 5) is 26.8. The van der Waals surface area contributed by atoms with Gasteiger partial charge in [0, 0.05) is 11.6 Å². The molecule has 1 aliphatic heterocycles. The molecular formula is C26H22F3N3O5S. The quantitative estimate of drug-likeness (QED) is 0.397. The molecule has 0 spiro atoms. The predicted molar refractivity (Wildman–Crippen MR) is 135 cm³/mol. The van der Waals surface area contributed by atoms with Crippen LogP contribution in [0.1, 0.15) is 23.7 Å². The van der Waals surface area contributed by atoms with Crippen LogP contribution in [0, 0.1) is 5.82 Å². The Balaban J connectivity index is 1.65. The van der Waals surface area contributed by atoms with E-state index in [4.69, 9.17) is 0 Å². The molecule has 4 aromatic rings. The lowest BCUT2D eigenvalue weighted by Gasteiger charge is -2.23. The van der Waals surface area contributed by atoms with Crippen molar-refractivity contribution in [3.63, 3.8) is 0 Å². The smallest absolute Gasteiger partial charge is 0.387 e. The molecule has 0 bridgehead atoms. The summed E-state index contributed by atoms with van der Waals surface area (Å²) in [6.45, 7) is -1.40. The summed E-state index contributed by atoms with van der Waals surface area (Å²) in [5.41, 5.74) is -0.165. The summed E-state index contributed by atoms with van der Waals surface area (Å²) in [5, 5.41) is 2.79. The number of nitrogens with zero attached hydrogens (tertiary/aromatic N) is 2. The van der Waals surface area contributed by atoms with Crippen LogP contribution in [-0.4, -0.2) is 47.1 Å². The van der Waals surface area contributed by atoms with Gasteiger partial charge in [-0.25, -0.2) is 17.6 Å². The number of amides is 1. The van der Waals surface area contributed by atoms with Crippen molar-refractivity contribution < 1.29 is 31.1 Å². The highest BCUT2D eigenvalue weighted by Crippen LogP contribution is 2.27. The Morgan fingerprint density at radius 2 is 1.71 bits per heavy atom. The van der Waals surface area contributed by atoms with Gasteiger partial charge < -0.3 is 10.1 Å². The summed E-state index contributed by atoms with van der Waals surface area (Å²) in [7, 11) is -3.26. The molecule has 1 N–H and O–H groups in total. The molecule has 2 heterocycles. The number of benzene rings is 3. The Morgan fingerprint density at radius 1 is 1.00 bits per heavy atom. The number of imidazole rings is 1. The lowest BCUT2D eigenvalue weighted by atomic mass is 10.0. The molecule has 3 aromatic carbocycles. The molecule has 1 aromatic heterocycles. The van der Waals surface area contributed by atoms with Crippen molar-refractivity contribution in [2.75, 3.05) is 11.5 Å². The van der Waals surface area contributed by atoms with Crippen molar-refractivity contribution in [3.05, 3.63) is 88.6 Å². The first-order valence-electron chi connectivity index (χ1n) is 11.6. The second kappa shape index (κ2) is 9.35. The summed E-state index contributed by atoms with van der Waals surface area (Å²) in [6.07, 6.45) is 0.275. The molecule has 0 aliphatic carbocycles. The Hall–Kier alpha value is -4.06. The van der Waals surface area contributed by atoms with E-state index in [2.05, 4.69) is 10.1 Å². The van der Waals surface area contributed by atoms with Crippen molar-refractivity contribution in [1.29, 1.82) is 0 Å². The zero-order valence-corrected chi connectivity index (χ0v) is 20.8. The lowest BCUT2D eigenvalue weighted by Crippen LogP contribution is -2.46. The Kier molecular flexibility index (Phi) is 6.30. The van der Waals surface area contributed by atoms with E-state index in [1.807, 2.05) is 0 Å². The van der Waals surface area contributed by atoms with E-state index in [-0.39, 0.29) is 34.9 Å². The van der Waals surface area contributed by atoms with Crippen LogP contribution >= 0.6 is 0 Å². The molecule has 1 aliphatic rings. The minimum absolute atomic E-state index is 0.0237. The second-order valence-electron chi connectivity index (χ2n) is 9.37. The number of hydrogen-bond donors (Lipinski definition) is 1. The summed E-state index contributed by atoms with van der Waals surface area (Å²) >= 11 is 0. The van der Waals surface area contributed by atoms with Crippen LogP contribution in [0.25, 0.3) is 22.4 Å². The van der Waals surface area contributed by atoms with E-state index in [1.54, 1.807) is 6.92 Å². The molecular weight excluding hydrogens is 523 g/mol. The molecule has 8 nitrogen and oxygen atoms in total. The van der Waals surface area contributed by atoms with Gasteiger partial charge in [-0.2, -0.15) is 8.78 Å². The number of ether oxygens (including phenoxy) is 1. The first-order chi connectivity index (χ1) is 17.9. The van der Waals surface area contributed by atoms with Crippen molar-refractivity contribution in [1.82, 2.24) is 14.5 Å². The van der Waals surface area contributed by atoms with Gasteiger partial charge in [0.25, 0.3) is 5.91 Å². The summed E-state index contributed by atoms with van der Waals surface area (Å²) < 4.78 is 70.1. The Morgan fingerprint density at radius 3 is 2.37 bits per heavy atom. The second-order valence-corrected chi connectivity index (χ2v) is 11.6. The number of aromatic nitrogens is 2. The summed E-state index contributed by atoms with van der Waals surface area (Å²) in [6, 6.07) is 15.2. The number of hydrogen-bond acceptors (Lipinski definition) is 5. The number of sulfone groups is 1. The van der Waals surface area contributed by atoms with Gasteiger partial charge in [0.15, 0.2) is 9.84 Å². The zero-order valence-electron chi connectivity index (χ0n) is 20.0. The number of carbonyl (C=O) groups excluding carboxylic acids is 1. The van der Waals surface area contributed by atoms with Crippen LogP contribution in [0.15, 0.2) is 71.5 Å². The van der Waals surface area contributed by atoms with Gasteiger partial charge in [-0.15, -0.1) is 0 Å². The van der Waals surface area contributed by atoms with Crippen LogP contribution in [0.2, 0.25) is 0 Å². The van der Waals surface area contributed by atoms with Gasteiger partial charge in [-0.1, -0.05) is 6.07 Å². The number of alkyl halides is 2. The standard InChI is InChI=1S/C26H22F3N3O5S/c1-26(11-12-38(35,36)15-26)30-23(33)16-5-10-21-22(13-16)31(18-8-6-17(27)7-9-18)25(34)32(21)19-3-2-4-20(14-19)37-24(28)29/h2-10,13-14,24H,11-12,15H2,1H3,(H,30,33). The fourth-order valence-electron chi connectivity index (χ4n) is 4.68. The molecule has 1 saturated heterocycles. The van der Waals surface area contributed by atoms with E-state index in [0.29, 0.717) is 16.7 Å². The van der Waals surface area contributed by atoms with Crippen molar-refractivity contribution >= 4 is 26.8 Å². The van der Waals surface area contributed by atoms with Crippen molar-refractivity contribution in [2.24, 2.45) is 0 Å². The molecule has 1 atom stereocenters. The van der Waals surface area contributed by atoms with Crippen LogP contribution in [0.4, 0.5) is 13.2 Å². The van der Waals surface area contributed by atoms with E-state index in [1.165, 1.54) is 75.9 Å². The van der Waals surface area contributed by atoms with Gasteiger partial charge in [-0.3, -0.25) is 13.9 Å². The van der Waals surface area contributed by atoms with Gasteiger partial charge in [0.2, 0.25) is 0 Å². The molecule has 198 valence electrons. The highest BCUT2D eigenvalue weighted by atomic mass is 32.2. The van der Waals surface area contributed by atoms with Crippen LogP contribution < -0.4 is 15.7 Å². The minimum atomic E-state index is -3.26. The Labute approximate surface area is 215 Å². The third-order valence-corrected chi connectivity index (χ3v) is 8.31. The van der Waals surface area contributed by atoms with E-state index >= 15 is 0 Å². The van der Waals surface area contributed by atoms with E-state index in [9.17, 15) is 31.2 Å². The lowest BCUT2D eigenvalue weighted by molar-refractivity contribution is -0.0498. The van der Waals surface area contributed by atoms with Crippen LogP contribution in [-0.2, 0) is 9.84 Å². The average Bonchev–Trinajstić information content (AvgIpc) is 3.29. The molecule has 12 heteroatoms. The number of fused-ring (bicyclic) bond motifs is 1. The number of halogens is 3. The van der Waals surface area contributed by atoms with Gasteiger partial charge >= 0.3 is 12.3 Å². The first kappa shape index (κ1) is 25.6. The van der Waals surface area contributed by atoms with Gasteiger partial charge in [0.1, 0.15) is 11.6 Å². The average molecular weight is 546 g/mol. The number of carbonyl (C=O) groups is 1. The molecule has 1 amide bonds. The molecule has 0 radical (unpaired) electrons. The van der Waals surface area contributed by atoms with E-state index in [0.717, 1.165) is 0 Å². The maximum absolute atomic E-state index is 13.7. The first-order valence-corrected chi connectivity index (χ1v) is 13.4. The minimum Gasteiger partial charge on any atom is -0.435 e. The van der Waals surface area contributed by atoms with Gasteiger partial charge in [0.05, 0.1) is 39.5 Å². The highest BCUT2D eigenvalue weighted by molar-refractivity contribution is 7.91. The normalized spacial score (nSPS) is 18.7. The Bertz CT molecular complexity index is 1710. The molecule has 38 heavy (non-hydrogen) atoms. The SMILES string of the molecule is CC1(NC(=O)c2ccc3c(c2)n(-c2ccc(F)cc2)c(=O)n3-c2cccc(OC(F)F)c2)CCS(=O)(=O)C1. The van der Waals surface area contributed by atoms with Crippen molar-refractivity contribution in [2.45, 2.75) is 25.5 Å². The predicted octanol–water partition coefficient (Wildman–Crippen LogP) is 3.83. The largest absolute Gasteiger partial charge is 0.435 e. The number of rotatable bonds is 6. The molecule has 1 unspecified atom stereocenters. The van der Waals surface area contributed by atoms with E-state index < -0.39 is 39.4 Å². The fraction of sp³-hybridized carbons (Fsp3) is 0.231. The number of nitrogens with one attached hydrogen (secondary N) is 1. The summed E-state index contributed by atoms with van der Waals surface area (Å²) in [5.74, 6) is -1.39. The zero-order chi connectivity index (χ0) is 27.2. The molecule has 5 rings (SSSR count). The fourth-order valence-corrected chi connectivity index (χ4v) is 6.78. The van der Waals surface area contributed by atoms with Gasteiger partial charge in [-0.05, 0) is 67.9 Å². The monoisotopic (exact) mass is 545 g/mol. The highest BCUT2D eigenvalue weighted by Gasteiger charge is 2.39. The maximum atomic E-state index is 13.7. The van der Waals surface area contributed by atoms with Crippen LogP contribution in [0.5, 0.6) is 5.75 Å². The maximum Gasteiger partial charge on any atom is 0.387 e. The topological polar surface area (TPSA) is 99.4 Å². The molecule has 1 fully saturated rings. The third kappa shape index (κ3) is 4.91. The van der Waals surface area contributed by atoms with Crippen molar-refractivity contribution in [3.8, 4) is 17.1 Å². The molecule has 0 saturated carbocycles. The third-order valence-electron chi connectivity index (χ3n) is 6.41.